The Hall–Kier alpha value is -3.24. The highest BCUT2D eigenvalue weighted by Gasteiger charge is 2.29. The normalized spacial score (nSPS) is 11.2. The second-order valence-electron chi connectivity index (χ2n) is 6.62. The van der Waals surface area contributed by atoms with Gasteiger partial charge in [0.25, 0.3) is 0 Å². The Labute approximate surface area is 176 Å². The molecule has 0 spiro atoms. The van der Waals surface area contributed by atoms with Crippen molar-refractivity contribution in [1.82, 2.24) is 0 Å². The summed E-state index contributed by atoms with van der Waals surface area (Å²) in [5.41, 5.74) is -1.63. The van der Waals surface area contributed by atoms with E-state index in [1.165, 1.54) is 6.07 Å². The molecule has 1 nitrogen and oxygen atoms in total. The topological polar surface area (TPSA) is 20.2 Å². The smallest absolute Gasteiger partial charge is 0.200 e. The highest BCUT2D eigenvalue weighted by atomic mass is 31.1. The van der Waals surface area contributed by atoms with Crippen LogP contribution in [0.25, 0.3) is 11.1 Å². The Morgan fingerprint density at radius 3 is 1.45 bits per heavy atom. The predicted molar refractivity (Wildman–Crippen MR) is 112 cm³/mol. The van der Waals surface area contributed by atoms with Gasteiger partial charge in [0, 0.05) is 10.9 Å². The molecule has 4 aromatic rings. The van der Waals surface area contributed by atoms with E-state index in [0.29, 0.717) is 5.30 Å². The van der Waals surface area contributed by atoms with E-state index in [0.717, 1.165) is 16.7 Å². The fraction of sp³-hybridized carbons (Fsp3) is 0. The summed E-state index contributed by atoms with van der Waals surface area (Å²) >= 11 is 0. The van der Waals surface area contributed by atoms with E-state index in [-0.39, 0.29) is 0 Å². The van der Waals surface area contributed by atoms with E-state index in [4.69, 9.17) is 0 Å². The van der Waals surface area contributed by atoms with Crippen molar-refractivity contribution in [3.05, 3.63) is 108 Å². The molecule has 4 rings (SSSR count). The number of phenolic OH excluding ortho intramolecular Hbond substituents is 1. The van der Waals surface area contributed by atoms with E-state index in [2.05, 4.69) is 0 Å². The quantitative estimate of drug-likeness (QED) is 0.190. The van der Waals surface area contributed by atoms with Crippen molar-refractivity contribution < 1.29 is 27.1 Å². The standard InChI is InChI=1S/C24H14F5OP/c25-19-18(20(26)22(28)23(29)21(19)27)16-12-7-13-17(24(16)30)31(14-8-3-1-4-9-14)15-10-5-2-6-11-15/h1-13,30H. The average Bonchev–Trinajstić information content (AvgIpc) is 2.80. The van der Waals surface area contributed by atoms with E-state index in [1.807, 2.05) is 60.7 Å². The third-order valence-electron chi connectivity index (χ3n) is 4.76. The predicted octanol–water partition coefficient (Wildman–Crippen LogP) is 5.51. The van der Waals surface area contributed by atoms with Crippen molar-refractivity contribution in [1.29, 1.82) is 0 Å². The average molecular weight is 444 g/mol. The van der Waals surface area contributed by atoms with Gasteiger partial charge in [-0.15, -0.1) is 0 Å². The minimum atomic E-state index is -2.25. The summed E-state index contributed by atoms with van der Waals surface area (Å²) in [6.45, 7) is 0. The Morgan fingerprint density at radius 2 is 0.968 bits per heavy atom. The van der Waals surface area contributed by atoms with Crippen molar-refractivity contribution in [3.8, 4) is 16.9 Å². The number of phenols is 1. The van der Waals surface area contributed by atoms with Crippen LogP contribution in [0.5, 0.6) is 5.75 Å². The summed E-state index contributed by atoms with van der Waals surface area (Å²) in [5.74, 6) is -10.9. The van der Waals surface area contributed by atoms with Crippen LogP contribution in [0.4, 0.5) is 22.0 Å². The lowest BCUT2D eigenvalue weighted by Crippen LogP contribution is -2.21. The van der Waals surface area contributed by atoms with E-state index in [9.17, 15) is 27.1 Å². The fourth-order valence-electron chi connectivity index (χ4n) is 3.34. The van der Waals surface area contributed by atoms with Gasteiger partial charge in [-0.1, -0.05) is 78.9 Å². The van der Waals surface area contributed by atoms with Crippen LogP contribution in [0, 0.1) is 29.1 Å². The van der Waals surface area contributed by atoms with Gasteiger partial charge in [-0.25, -0.2) is 22.0 Å². The lowest BCUT2D eigenvalue weighted by molar-refractivity contribution is 0.380. The Kier molecular flexibility index (Phi) is 5.75. The molecule has 0 fully saturated rings. The van der Waals surface area contributed by atoms with Gasteiger partial charge >= 0.3 is 0 Å². The third kappa shape index (κ3) is 3.68. The zero-order valence-electron chi connectivity index (χ0n) is 15.8. The minimum absolute atomic E-state index is 0.328. The van der Waals surface area contributed by atoms with Crippen LogP contribution in [0.1, 0.15) is 0 Å². The second kappa shape index (κ2) is 8.48. The van der Waals surface area contributed by atoms with Gasteiger partial charge in [0.05, 0.1) is 5.56 Å². The largest absolute Gasteiger partial charge is 0.507 e. The van der Waals surface area contributed by atoms with Gasteiger partial charge in [-0.2, -0.15) is 0 Å². The van der Waals surface area contributed by atoms with Gasteiger partial charge < -0.3 is 5.11 Å². The van der Waals surface area contributed by atoms with E-state index < -0.39 is 53.9 Å². The number of aromatic hydroxyl groups is 1. The maximum atomic E-state index is 14.4. The van der Waals surface area contributed by atoms with E-state index >= 15 is 0 Å². The number of hydrogen-bond acceptors (Lipinski definition) is 1. The first-order valence-electron chi connectivity index (χ1n) is 9.15. The van der Waals surface area contributed by atoms with Crippen molar-refractivity contribution in [2.75, 3.05) is 0 Å². The Bertz CT molecular complexity index is 1180. The molecule has 31 heavy (non-hydrogen) atoms. The molecule has 0 amide bonds. The van der Waals surface area contributed by atoms with Crippen molar-refractivity contribution in [2.24, 2.45) is 0 Å². The van der Waals surface area contributed by atoms with Crippen molar-refractivity contribution in [2.45, 2.75) is 0 Å². The summed E-state index contributed by atoms with van der Waals surface area (Å²) in [6.07, 6.45) is 0. The molecule has 0 saturated heterocycles. The molecule has 4 aromatic carbocycles. The number of halogens is 5. The van der Waals surface area contributed by atoms with Gasteiger partial charge in [-0.3, -0.25) is 0 Å². The Balaban J connectivity index is 1.98. The molecule has 0 radical (unpaired) electrons. The number of benzene rings is 4. The molecule has 0 aliphatic carbocycles. The van der Waals surface area contributed by atoms with E-state index in [1.54, 1.807) is 6.07 Å². The SMILES string of the molecule is Oc1c(-c2c(F)c(F)c(F)c(F)c2F)cccc1P(c1ccccc1)c1ccccc1. The highest BCUT2D eigenvalue weighted by molar-refractivity contribution is 7.80. The van der Waals surface area contributed by atoms with Gasteiger partial charge in [0.2, 0.25) is 5.82 Å². The summed E-state index contributed by atoms with van der Waals surface area (Å²) in [5, 5.41) is 13.0. The molecule has 0 aliphatic rings. The zero-order valence-corrected chi connectivity index (χ0v) is 16.7. The lowest BCUT2D eigenvalue weighted by atomic mass is 10.0. The van der Waals surface area contributed by atoms with Gasteiger partial charge in [0.15, 0.2) is 23.3 Å². The molecule has 0 heterocycles. The van der Waals surface area contributed by atoms with Crippen LogP contribution in [0.15, 0.2) is 78.9 Å². The third-order valence-corrected chi connectivity index (χ3v) is 7.24. The first-order valence-corrected chi connectivity index (χ1v) is 10.5. The molecule has 7 heteroatoms. The molecule has 0 aliphatic heterocycles. The maximum absolute atomic E-state index is 14.4. The molecule has 0 bridgehead atoms. The first-order chi connectivity index (χ1) is 14.9. The molecule has 156 valence electrons. The fourth-order valence-corrected chi connectivity index (χ4v) is 5.70. The molecule has 0 saturated carbocycles. The van der Waals surface area contributed by atoms with Crippen molar-refractivity contribution in [3.63, 3.8) is 0 Å². The molecule has 0 atom stereocenters. The number of para-hydroxylation sites is 1. The van der Waals surface area contributed by atoms with Crippen LogP contribution in [-0.4, -0.2) is 5.11 Å². The monoisotopic (exact) mass is 444 g/mol. The number of hydrogen-bond donors (Lipinski definition) is 1. The zero-order chi connectivity index (χ0) is 22.1. The van der Waals surface area contributed by atoms with Gasteiger partial charge in [0.1, 0.15) is 5.75 Å². The maximum Gasteiger partial charge on any atom is 0.200 e. The minimum Gasteiger partial charge on any atom is -0.507 e. The van der Waals surface area contributed by atoms with Crippen LogP contribution >= 0.6 is 7.92 Å². The molecular formula is C24H14F5OP. The lowest BCUT2D eigenvalue weighted by Gasteiger charge is -2.22. The molecule has 0 aromatic heterocycles. The van der Waals surface area contributed by atoms with Crippen molar-refractivity contribution >= 4 is 23.8 Å². The van der Waals surface area contributed by atoms with Crippen LogP contribution in [0.3, 0.4) is 0 Å². The summed E-state index contributed by atoms with van der Waals surface area (Å²) < 4.78 is 69.9. The molecule has 1 N–H and O–H groups in total. The highest BCUT2D eigenvalue weighted by Crippen LogP contribution is 2.42. The van der Waals surface area contributed by atoms with Crippen LogP contribution in [-0.2, 0) is 0 Å². The Morgan fingerprint density at radius 1 is 0.516 bits per heavy atom. The van der Waals surface area contributed by atoms with Crippen LogP contribution in [0.2, 0.25) is 0 Å². The summed E-state index contributed by atoms with van der Waals surface area (Å²) in [7, 11) is -1.37. The molecular weight excluding hydrogens is 430 g/mol. The van der Waals surface area contributed by atoms with Crippen LogP contribution < -0.4 is 15.9 Å². The molecule has 0 unspecified atom stereocenters. The van der Waals surface area contributed by atoms with Gasteiger partial charge in [-0.05, 0) is 18.5 Å². The number of rotatable bonds is 4. The summed E-state index contributed by atoms with van der Waals surface area (Å²) in [4.78, 5) is 0. The summed E-state index contributed by atoms with van der Waals surface area (Å²) in [6, 6.07) is 22.5. The second-order valence-corrected chi connectivity index (χ2v) is 8.81. The first kappa shape index (κ1) is 21.0.